The Kier molecular flexibility index (Phi) is 6.59. The van der Waals surface area contributed by atoms with E-state index in [1.807, 2.05) is 19.1 Å². The molecule has 8 heteroatoms. The number of carboxylic acid groups (broad SMARTS) is 1. The van der Waals surface area contributed by atoms with Gasteiger partial charge in [0.2, 0.25) is 5.88 Å². The number of benzene rings is 2. The van der Waals surface area contributed by atoms with Gasteiger partial charge in [0.05, 0.1) is 29.4 Å². The van der Waals surface area contributed by atoms with E-state index in [0.29, 0.717) is 42.1 Å². The van der Waals surface area contributed by atoms with Crippen molar-refractivity contribution < 1.29 is 19.4 Å². The van der Waals surface area contributed by atoms with E-state index in [0.717, 1.165) is 10.0 Å². The van der Waals surface area contributed by atoms with Crippen LogP contribution in [0.2, 0.25) is 5.02 Å². The van der Waals surface area contributed by atoms with Crippen molar-refractivity contribution >= 4 is 33.5 Å². The molecular formula is C20H18BrClN2O4. The molecule has 28 heavy (non-hydrogen) atoms. The molecule has 0 aliphatic heterocycles. The Morgan fingerprint density at radius 2 is 1.93 bits per heavy atom. The normalized spacial score (nSPS) is 10.7. The number of ether oxygens (including phenoxy) is 2. The van der Waals surface area contributed by atoms with E-state index in [1.54, 1.807) is 41.1 Å². The highest BCUT2D eigenvalue weighted by Crippen LogP contribution is 2.28. The second kappa shape index (κ2) is 9.12. The van der Waals surface area contributed by atoms with Crippen molar-refractivity contribution in [1.29, 1.82) is 0 Å². The van der Waals surface area contributed by atoms with Gasteiger partial charge in [-0.3, -0.25) is 0 Å². The predicted octanol–water partition coefficient (Wildman–Crippen LogP) is 5.14. The smallest absolute Gasteiger partial charge is 0.335 e. The van der Waals surface area contributed by atoms with Crippen LogP contribution in [-0.2, 0) is 6.54 Å². The van der Waals surface area contributed by atoms with Crippen LogP contribution in [0.4, 0.5) is 0 Å². The van der Waals surface area contributed by atoms with E-state index in [9.17, 15) is 4.79 Å². The Morgan fingerprint density at radius 3 is 2.57 bits per heavy atom. The average Bonchev–Trinajstić information content (AvgIpc) is 3.07. The van der Waals surface area contributed by atoms with E-state index in [1.165, 1.54) is 0 Å². The minimum Gasteiger partial charge on any atom is -0.490 e. The second-order valence-corrected chi connectivity index (χ2v) is 7.15. The molecular weight excluding hydrogens is 448 g/mol. The van der Waals surface area contributed by atoms with E-state index < -0.39 is 5.97 Å². The maximum Gasteiger partial charge on any atom is 0.335 e. The van der Waals surface area contributed by atoms with Gasteiger partial charge in [-0.1, -0.05) is 39.7 Å². The van der Waals surface area contributed by atoms with Crippen LogP contribution >= 0.6 is 27.5 Å². The summed E-state index contributed by atoms with van der Waals surface area (Å²) in [6, 6.07) is 13.8. The second-order valence-electron chi connectivity index (χ2n) is 5.83. The van der Waals surface area contributed by atoms with Crippen LogP contribution in [0.1, 0.15) is 17.3 Å². The summed E-state index contributed by atoms with van der Waals surface area (Å²) in [5.41, 5.74) is 1.73. The van der Waals surface area contributed by atoms with Gasteiger partial charge in [-0.15, -0.1) is 0 Å². The monoisotopic (exact) mass is 464 g/mol. The van der Waals surface area contributed by atoms with Gasteiger partial charge in [0.1, 0.15) is 12.4 Å². The maximum absolute atomic E-state index is 11.0. The zero-order valence-corrected chi connectivity index (χ0v) is 17.4. The quantitative estimate of drug-likeness (QED) is 0.498. The van der Waals surface area contributed by atoms with Crippen molar-refractivity contribution in [3.8, 4) is 22.9 Å². The predicted molar refractivity (Wildman–Crippen MR) is 110 cm³/mol. The Labute approximate surface area is 175 Å². The summed E-state index contributed by atoms with van der Waals surface area (Å²) >= 11 is 9.53. The number of carbonyl (C=O) groups is 1. The standard InChI is InChI=1S/C20H18BrClN2O4/c1-2-27-19-12-17(13-3-5-14(6-4-13)20(25)26)23-24(19)9-10-28-18-8-7-15(21)11-16(18)22/h3-8,11-12H,2,9-10H2,1H3,(H,25,26). The van der Waals surface area contributed by atoms with Crippen LogP contribution in [0.3, 0.4) is 0 Å². The molecule has 0 spiro atoms. The zero-order valence-electron chi connectivity index (χ0n) is 15.1. The topological polar surface area (TPSA) is 73.6 Å². The Balaban J connectivity index is 1.74. The van der Waals surface area contributed by atoms with Crippen molar-refractivity contribution in [1.82, 2.24) is 9.78 Å². The van der Waals surface area contributed by atoms with Crippen LogP contribution in [0.5, 0.6) is 11.6 Å². The van der Waals surface area contributed by atoms with E-state index in [-0.39, 0.29) is 5.56 Å². The molecule has 6 nitrogen and oxygen atoms in total. The molecule has 1 aromatic heterocycles. The number of hydrogen-bond donors (Lipinski definition) is 1. The molecule has 0 bridgehead atoms. The summed E-state index contributed by atoms with van der Waals surface area (Å²) in [7, 11) is 0. The summed E-state index contributed by atoms with van der Waals surface area (Å²) in [4.78, 5) is 11.0. The maximum atomic E-state index is 11.0. The van der Waals surface area contributed by atoms with Crippen molar-refractivity contribution in [3.63, 3.8) is 0 Å². The first-order valence-corrected chi connectivity index (χ1v) is 9.77. The van der Waals surface area contributed by atoms with Crippen LogP contribution in [0.15, 0.2) is 53.0 Å². The van der Waals surface area contributed by atoms with E-state index in [4.69, 9.17) is 26.2 Å². The highest BCUT2D eigenvalue weighted by molar-refractivity contribution is 9.10. The summed E-state index contributed by atoms with van der Waals surface area (Å²) in [5, 5.41) is 14.1. The molecule has 0 fully saturated rings. The minimum atomic E-state index is -0.962. The van der Waals surface area contributed by atoms with E-state index in [2.05, 4.69) is 21.0 Å². The van der Waals surface area contributed by atoms with Crippen LogP contribution in [0.25, 0.3) is 11.3 Å². The first kappa shape index (κ1) is 20.2. The highest BCUT2D eigenvalue weighted by atomic mass is 79.9. The van der Waals surface area contributed by atoms with Crippen molar-refractivity contribution in [3.05, 3.63) is 63.6 Å². The molecule has 0 aliphatic carbocycles. The SMILES string of the molecule is CCOc1cc(-c2ccc(C(=O)O)cc2)nn1CCOc1ccc(Br)cc1Cl. The Bertz CT molecular complexity index is 973. The summed E-state index contributed by atoms with van der Waals surface area (Å²) < 4.78 is 14.0. The lowest BCUT2D eigenvalue weighted by molar-refractivity contribution is 0.0697. The third-order valence-corrected chi connectivity index (χ3v) is 4.71. The van der Waals surface area contributed by atoms with E-state index >= 15 is 0 Å². The molecule has 0 atom stereocenters. The van der Waals surface area contributed by atoms with Gasteiger partial charge in [0.15, 0.2) is 0 Å². The van der Waals surface area contributed by atoms with Crippen molar-refractivity contribution in [2.45, 2.75) is 13.5 Å². The number of aromatic carboxylic acids is 1. The van der Waals surface area contributed by atoms with Crippen LogP contribution in [-0.4, -0.2) is 34.1 Å². The first-order valence-electron chi connectivity index (χ1n) is 8.60. The molecule has 1 N–H and O–H groups in total. The number of nitrogens with zero attached hydrogens (tertiary/aromatic N) is 2. The number of rotatable bonds is 8. The molecule has 3 rings (SSSR count). The number of halogens is 2. The number of carboxylic acids is 1. The molecule has 0 saturated carbocycles. The molecule has 0 amide bonds. The summed E-state index contributed by atoms with van der Waals surface area (Å²) in [6.45, 7) is 3.23. The summed E-state index contributed by atoms with van der Waals surface area (Å²) in [5.74, 6) is 0.251. The molecule has 2 aromatic carbocycles. The molecule has 0 saturated heterocycles. The molecule has 0 unspecified atom stereocenters. The fourth-order valence-corrected chi connectivity index (χ4v) is 3.31. The van der Waals surface area contributed by atoms with Gasteiger partial charge in [0.25, 0.3) is 0 Å². The fraction of sp³-hybridized carbons (Fsp3) is 0.200. The van der Waals surface area contributed by atoms with Crippen LogP contribution < -0.4 is 9.47 Å². The van der Waals surface area contributed by atoms with Crippen molar-refractivity contribution in [2.75, 3.05) is 13.2 Å². The molecule has 1 heterocycles. The summed E-state index contributed by atoms with van der Waals surface area (Å²) in [6.07, 6.45) is 0. The lowest BCUT2D eigenvalue weighted by Gasteiger charge is -2.10. The molecule has 0 aliphatic rings. The van der Waals surface area contributed by atoms with Crippen LogP contribution in [0, 0.1) is 0 Å². The molecule has 146 valence electrons. The Morgan fingerprint density at radius 1 is 1.18 bits per heavy atom. The third-order valence-electron chi connectivity index (χ3n) is 3.92. The number of hydrogen-bond acceptors (Lipinski definition) is 4. The lowest BCUT2D eigenvalue weighted by Crippen LogP contribution is -2.11. The lowest BCUT2D eigenvalue weighted by atomic mass is 10.1. The zero-order chi connectivity index (χ0) is 20.1. The van der Waals surface area contributed by atoms with Gasteiger partial charge in [-0.25, -0.2) is 9.48 Å². The minimum absolute atomic E-state index is 0.230. The third kappa shape index (κ3) is 4.85. The fourth-order valence-electron chi connectivity index (χ4n) is 2.58. The number of aromatic nitrogens is 2. The van der Waals surface area contributed by atoms with Gasteiger partial charge < -0.3 is 14.6 Å². The van der Waals surface area contributed by atoms with Gasteiger partial charge in [-0.05, 0) is 37.3 Å². The van der Waals surface area contributed by atoms with Gasteiger partial charge >= 0.3 is 5.97 Å². The average molecular weight is 466 g/mol. The Hall–Kier alpha value is -2.51. The first-order chi connectivity index (χ1) is 13.5. The highest BCUT2D eigenvalue weighted by Gasteiger charge is 2.12. The van der Waals surface area contributed by atoms with Gasteiger partial charge in [0, 0.05) is 16.1 Å². The largest absolute Gasteiger partial charge is 0.490 e. The van der Waals surface area contributed by atoms with Gasteiger partial charge in [-0.2, -0.15) is 5.10 Å². The van der Waals surface area contributed by atoms with Crippen molar-refractivity contribution in [2.24, 2.45) is 0 Å². The molecule has 0 radical (unpaired) electrons. The molecule has 3 aromatic rings.